The molecule has 98 valence electrons. The maximum atomic E-state index is 12.3. The maximum Gasteiger partial charge on any atom is 0.289 e. The Morgan fingerprint density at radius 3 is 2.21 bits per heavy atom. The van der Waals surface area contributed by atoms with Crippen LogP contribution in [0.4, 0.5) is 0 Å². The second-order valence-corrected chi connectivity index (χ2v) is 5.04. The SMILES string of the molecule is O=C(c1ccc(Cl)o1)N1CCc2ccccc2CC1. The number of fused-ring (bicyclic) bond motifs is 1. The predicted octanol–water partition coefficient (Wildman–Crippen LogP) is 3.17. The standard InChI is InChI=1S/C15H14ClNO2/c16-14-6-5-13(19-14)15(18)17-9-7-11-3-1-2-4-12(11)8-10-17/h1-6H,7-10H2. The van der Waals surface area contributed by atoms with Crippen LogP contribution in [-0.4, -0.2) is 23.9 Å². The number of nitrogens with zero attached hydrogens (tertiary/aromatic N) is 1. The number of halogens is 1. The first-order valence-electron chi connectivity index (χ1n) is 6.35. The van der Waals surface area contributed by atoms with Crippen LogP contribution in [0.1, 0.15) is 21.7 Å². The Balaban J connectivity index is 1.77. The number of hydrogen-bond donors (Lipinski definition) is 0. The molecule has 3 nitrogen and oxygen atoms in total. The smallest absolute Gasteiger partial charge is 0.289 e. The van der Waals surface area contributed by atoms with Crippen molar-refractivity contribution in [2.75, 3.05) is 13.1 Å². The van der Waals surface area contributed by atoms with E-state index in [1.165, 1.54) is 11.1 Å². The van der Waals surface area contributed by atoms with Gasteiger partial charge in [-0.25, -0.2) is 0 Å². The first kappa shape index (κ1) is 12.3. The third-order valence-corrected chi connectivity index (χ3v) is 3.69. The van der Waals surface area contributed by atoms with Gasteiger partial charge >= 0.3 is 0 Å². The molecule has 0 fully saturated rings. The average Bonchev–Trinajstić information content (AvgIpc) is 2.74. The number of carbonyl (C=O) groups excluding carboxylic acids is 1. The van der Waals surface area contributed by atoms with Crippen molar-refractivity contribution in [3.05, 3.63) is 58.5 Å². The van der Waals surface area contributed by atoms with E-state index in [0.29, 0.717) is 18.8 Å². The van der Waals surface area contributed by atoms with E-state index in [0.717, 1.165) is 12.8 Å². The zero-order valence-corrected chi connectivity index (χ0v) is 11.2. The Morgan fingerprint density at radius 2 is 1.68 bits per heavy atom. The van der Waals surface area contributed by atoms with Gasteiger partial charge in [0.05, 0.1) is 0 Å². The highest BCUT2D eigenvalue weighted by Crippen LogP contribution is 2.19. The minimum Gasteiger partial charge on any atom is -0.440 e. The topological polar surface area (TPSA) is 33.5 Å². The van der Waals surface area contributed by atoms with Crippen LogP contribution in [0.3, 0.4) is 0 Å². The highest BCUT2D eigenvalue weighted by atomic mass is 35.5. The van der Waals surface area contributed by atoms with Gasteiger partial charge in [-0.1, -0.05) is 24.3 Å². The van der Waals surface area contributed by atoms with Gasteiger partial charge in [0.1, 0.15) is 0 Å². The van der Waals surface area contributed by atoms with Gasteiger partial charge in [-0.3, -0.25) is 4.79 Å². The van der Waals surface area contributed by atoms with Crippen molar-refractivity contribution in [2.45, 2.75) is 12.8 Å². The quantitative estimate of drug-likeness (QED) is 0.801. The van der Waals surface area contributed by atoms with Crippen LogP contribution in [0.15, 0.2) is 40.8 Å². The first-order valence-corrected chi connectivity index (χ1v) is 6.73. The van der Waals surface area contributed by atoms with Crippen LogP contribution in [0.2, 0.25) is 5.22 Å². The van der Waals surface area contributed by atoms with Crippen LogP contribution in [0.5, 0.6) is 0 Å². The fourth-order valence-corrected chi connectivity index (χ4v) is 2.60. The van der Waals surface area contributed by atoms with E-state index in [1.807, 2.05) is 17.0 Å². The summed E-state index contributed by atoms with van der Waals surface area (Å²) in [7, 11) is 0. The highest BCUT2D eigenvalue weighted by Gasteiger charge is 2.21. The number of rotatable bonds is 1. The summed E-state index contributed by atoms with van der Waals surface area (Å²) < 4.78 is 5.19. The number of hydrogen-bond acceptors (Lipinski definition) is 2. The second-order valence-electron chi connectivity index (χ2n) is 4.66. The monoisotopic (exact) mass is 275 g/mol. The average molecular weight is 276 g/mol. The second kappa shape index (κ2) is 5.10. The number of carbonyl (C=O) groups is 1. The Kier molecular flexibility index (Phi) is 3.30. The zero-order chi connectivity index (χ0) is 13.2. The van der Waals surface area contributed by atoms with Crippen molar-refractivity contribution in [1.29, 1.82) is 0 Å². The molecular formula is C15H14ClNO2. The lowest BCUT2D eigenvalue weighted by Gasteiger charge is -2.18. The van der Waals surface area contributed by atoms with Crippen molar-refractivity contribution in [1.82, 2.24) is 4.90 Å². The molecule has 0 aliphatic carbocycles. The molecule has 19 heavy (non-hydrogen) atoms. The summed E-state index contributed by atoms with van der Waals surface area (Å²) in [5.74, 6) is 0.232. The number of benzene rings is 1. The van der Waals surface area contributed by atoms with Gasteiger partial charge in [-0.15, -0.1) is 0 Å². The fourth-order valence-electron chi connectivity index (χ4n) is 2.46. The van der Waals surface area contributed by atoms with Crippen LogP contribution in [0.25, 0.3) is 0 Å². The van der Waals surface area contributed by atoms with Crippen molar-refractivity contribution < 1.29 is 9.21 Å². The largest absolute Gasteiger partial charge is 0.440 e. The van der Waals surface area contributed by atoms with Crippen molar-refractivity contribution in [2.24, 2.45) is 0 Å². The van der Waals surface area contributed by atoms with Gasteiger partial charge in [0, 0.05) is 13.1 Å². The minimum absolute atomic E-state index is 0.0836. The molecule has 2 heterocycles. The first-order chi connectivity index (χ1) is 9.24. The Bertz CT molecular complexity index is 579. The van der Waals surface area contributed by atoms with E-state index >= 15 is 0 Å². The van der Waals surface area contributed by atoms with E-state index in [9.17, 15) is 4.79 Å². The molecule has 2 aromatic rings. The third kappa shape index (κ3) is 2.51. The van der Waals surface area contributed by atoms with Crippen LogP contribution in [-0.2, 0) is 12.8 Å². The molecule has 0 atom stereocenters. The van der Waals surface area contributed by atoms with Gasteiger partial charge in [-0.05, 0) is 47.7 Å². The van der Waals surface area contributed by atoms with Crippen LogP contribution in [0, 0.1) is 0 Å². The van der Waals surface area contributed by atoms with Crippen LogP contribution < -0.4 is 0 Å². The van der Waals surface area contributed by atoms with E-state index in [-0.39, 0.29) is 11.1 Å². The minimum atomic E-state index is -0.0836. The van der Waals surface area contributed by atoms with Gasteiger partial charge in [-0.2, -0.15) is 0 Å². The maximum absolute atomic E-state index is 12.3. The molecular weight excluding hydrogens is 262 g/mol. The highest BCUT2D eigenvalue weighted by molar-refractivity contribution is 6.29. The molecule has 1 aromatic heterocycles. The summed E-state index contributed by atoms with van der Waals surface area (Å²) >= 11 is 5.71. The zero-order valence-electron chi connectivity index (χ0n) is 10.4. The summed E-state index contributed by atoms with van der Waals surface area (Å²) in [6.07, 6.45) is 1.77. The van der Waals surface area contributed by atoms with E-state index in [2.05, 4.69) is 12.1 Å². The Hall–Kier alpha value is -1.74. The lowest BCUT2D eigenvalue weighted by molar-refractivity contribution is 0.0731. The summed E-state index contributed by atoms with van der Waals surface area (Å²) in [6.45, 7) is 1.43. The lowest BCUT2D eigenvalue weighted by atomic mass is 10.0. The Morgan fingerprint density at radius 1 is 1.05 bits per heavy atom. The fraction of sp³-hybridized carbons (Fsp3) is 0.267. The molecule has 0 N–H and O–H groups in total. The van der Waals surface area contributed by atoms with Gasteiger partial charge in [0.25, 0.3) is 5.91 Å². The molecule has 0 spiro atoms. The molecule has 0 saturated heterocycles. The normalized spacial score (nSPS) is 14.9. The van der Waals surface area contributed by atoms with Gasteiger partial charge in [0.2, 0.25) is 0 Å². The Labute approximate surface area is 116 Å². The van der Waals surface area contributed by atoms with Gasteiger partial charge < -0.3 is 9.32 Å². The molecule has 1 aromatic carbocycles. The molecule has 0 saturated carbocycles. The number of amides is 1. The number of furan rings is 1. The third-order valence-electron chi connectivity index (χ3n) is 3.49. The summed E-state index contributed by atoms with van der Waals surface area (Å²) in [4.78, 5) is 14.1. The molecule has 0 radical (unpaired) electrons. The molecule has 0 bridgehead atoms. The molecule has 4 heteroatoms. The van der Waals surface area contributed by atoms with Gasteiger partial charge in [0.15, 0.2) is 11.0 Å². The molecule has 1 amide bonds. The summed E-state index contributed by atoms with van der Waals surface area (Å²) in [5, 5.41) is 0.251. The molecule has 0 unspecified atom stereocenters. The van der Waals surface area contributed by atoms with E-state index in [1.54, 1.807) is 12.1 Å². The summed E-state index contributed by atoms with van der Waals surface area (Å²) in [5.41, 5.74) is 2.66. The van der Waals surface area contributed by atoms with Crippen molar-refractivity contribution in [3.63, 3.8) is 0 Å². The van der Waals surface area contributed by atoms with E-state index in [4.69, 9.17) is 16.0 Å². The van der Waals surface area contributed by atoms with Crippen molar-refractivity contribution >= 4 is 17.5 Å². The van der Waals surface area contributed by atoms with Crippen molar-refractivity contribution in [3.8, 4) is 0 Å². The lowest BCUT2D eigenvalue weighted by Crippen LogP contribution is -2.33. The molecule has 1 aliphatic rings. The molecule has 1 aliphatic heterocycles. The van der Waals surface area contributed by atoms with E-state index < -0.39 is 0 Å². The van der Waals surface area contributed by atoms with Crippen LogP contribution >= 0.6 is 11.6 Å². The summed E-state index contributed by atoms with van der Waals surface area (Å²) in [6, 6.07) is 11.6. The molecule has 3 rings (SSSR count). The predicted molar refractivity (Wildman–Crippen MR) is 73.5 cm³/mol.